The Morgan fingerprint density at radius 1 is 1.44 bits per heavy atom. The maximum absolute atomic E-state index is 11.8. The van der Waals surface area contributed by atoms with Crippen molar-refractivity contribution in [3.05, 3.63) is 0 Å². The summed E-state index contributed by atoms with van der Waals surface area (Å²) in [4.78, 5) is 0. The van der Waals surface area contributed by atoms with Gasteiger partial charge >= 0.3 is 5.25 Å². The van der Waals surface area contributed by atoms with Crippen LogP contribution in [0.15, 0.2) is 0 Å². The molecule has 0 amide bonds. The van der Waals surface area contributed by atoms with Gasteiger partial charge in [-0.05, 0) is 0 Å². The molecular formula is C4H7F3OS. The van der Waals surface area contributed by atoms with Gasteiger partial charge in [-0.25, -0.2) is 4.39 Å². The quantitative estimate of drug-likeness (QED) is 0.668. The summed E-state index contributed by atoms with van der Waals surface area (Å²) in [6.45, 7) is -2.02. The minimum atomic E-state index is -3.32. The summed E-state index contributed by atoms with van der Waals surface area (Å²) in [5.41, 5.74) is 0. The van der Waals surface area contributed by atoms with Crippen LogP contribution in [0.4, 0.5) is 13.2 Å². The molecule has 0 saturated heterocycles. The molecule has 0 rings (SSSR count). The number of halogens is 3. The SMILES string of the molecule is OCCSC(F)(F)CF. The molecule has 0 radical (unpaired) electrons. The van der Waals surface area contributed by atoms with Crippen molar-refractivity contribution in [3.8, 4) is 0 Å². The van der Waals surface area contributed by atoms with E-state index < -0.39 is 11.9 Å². The highest BCUT2D eigenvalue weighted by molar-refractivity contribution is 8.00. The van der Waals surface area contributed by atoms with Gasteiger partial charge in [0.15, 0.2) is 6.67 Å². The molecule has 1 N–H and O–H groups in total. The van der Waals surface area contributed by atoms with E-state index in [4.69, 9.17) is 5.11 Å². The third-order valence-electron chi connectivity index (χ3n) is 0.560. The predicted octanol–water partition coefficient (Wildman–Crippen LogP) is 1.27. The number of hydrogen-bond donors (Lipinski definition) is 1. The maximum Gasteiger partial charge on any atom is 0.321 e. The largest absolute Gasteiger partial charge is 0.396 e. The van der Waals surface area contributed by atoms with Gasteiger partial charge in [0, 0.05) is 5.75 Å². The average Bonchev–Trinajstić information content (AvgIpc) is 1.84. The van der Waals surface area contributed by atoms with E-state index in [1.807, 2.05) is 0 Å². The Bertz CT molecular complexity index is 78.2. The fourth-order valence-corrected chi connectivity index (χ4v) is 0.701. The zero-order valence-corrected chi connectivity index (χ0v) is 5.43. The topological polar surface area (TPSA) is 20.2 Å². The van der Waals surface area contributed by atoms with Crippen LogP contribution < -0.4 is 0 Å². The lowest BCUT2D eigenvalue weighted by atomic mass is 10.8. The molecule has 0 unspecified atom stereocenters. The zero-order chi connectivity index (χ0) is 7.33. The van der Waals surface area contributed by atoms with Gasteiger partial charge in [0.25, 0.3) is 0 Å². The first-order chi connectivity index (χ1) is 4.12. The van der Waals surface area contributed by atoms with Crippen LogP contribution in [0.3, 0.4) is 0 Å². The Morgan fingerprint density at radius 2 is 2.00 bits per heavy atom. The Balaban J connectivity index is 3.33. The molecule has 0 fully saturated rings. The van der Waals surface area contributed by atoms with Gasteiger partial charge in [0.1, 0.15) is 0 Å². The molecule has 0 heterocycles. The van der Waals surface area contributed by atoms with Gasteiger partial charge < -0.3 is 5.11 Å². The molecule has 56 valence electrons. The van der Waals surface area contributed by atoms with Gasteiger partial charge in [0.2, 0.25) is 0 Å². The maximum atomic E-state index is 11.8. The van der Waals surface area contributed by atoms with Crippen molar-refractivity contribution < 1.29 is 18.3 Å². The van der Waals surface area contributed by atoms with Gasteiger partial charge in [-0.2, -0.15) is 8.78 Å². The van der Waals surface area contributed by atoms with Crippen LogP contribution in [0.5, 0.6) is 0 Å². The Hall–Kier alpha value is 0.100. The molecule has 0 aromatic carbocycles. The molecule has 0 aliphatic heterocycles. The number of rotatable bonds is 4. The number of aliphatic hydroxyl groups excluding tert-OH is 1. The second-order valence-corrected chi connectivity index (χ2v) is 2.64. The van der Waals surface area contributed by atoms with Crippen LogP contribution in [0.1, 0.15) is 0 Å². The van der Waals surface area contributed by atoms with E-state index in [0.717, 1.165) is 0 Å². The van der Waals surface area contributed by atoms with Gasteiger partial charge in [-0.3, -0.25) is 0 Å². The van der Waals surface area contributed by atoms with Crippen LogP contribution in [0, 0.1) is 0 Å². The molecule has 0 aromatic rings. The van der Waals surface area contributed by atoms with Gasteiger partial charge in [-0.1, -0.05) is 11.8 Å². The molecule has 0 aliphatic carbocycles. The van der Waals surface area contributed by atoms with Crippen LogP contribution in [-0.2, 0) is 0 Å². The Labute approximate surface area is 55.2 Å². The summed E-state index contributed by atoms with van der Waals surface area (Å²) in [7, 11) is 0. The van der Waals surface area contributed by atoms with Crippen molar-refractivity contribution in [1.29, 1.82) is 0 Å². The minimum absolute atomic E-state index is 0.120. The molecule has 0 spiro atoms. The smallest absolute Gasteiger partial charge is 0.321 e. The summed E-state index contributed by atoms with van der Waals surface area (Å²) in [5.74, 6) is -0.128. The van der Waals surface area contributed by atoms with Crippen molar-refractivity contribution in [3.63, 3.8) is 0 Å². The summed E-state index contributed by atoms with van der Waals surface area (Å²) in [6.07, 6.45) is 0. The van der Waals surface area contributed by atoms with Crippen LogP contribution in [0.25, 0.3) is 0 Å². The van der Waals surface area contributed by atoms with E-state index in [2.05, 4.69) is 0 Å². The van der Waals surface area contributed by atoms with Gasteiger partial charge in [0.05, 0.1) is 6.61 Å². The molecule has 1 nitrogen and oxygen atoms in total. The molecule has 9 heavy (non-hydrogen) atoms. The van der Waals surface area contributed by atoms with Crippen molar-refractivity contribution in [2.45, 2.75) is 5.25 Å². The Kier molecular flexibility index (Phi) is 4.05. The lowest BCUT2D eigenvalue weighted by molar-refractivity contribution is 0.0738. The van der Waals surface area contributed by atoms with Crippen molar-refractivity contribution in [2.75, 3.05) is 19.0 Å². The predicted molar refractivity (Wildman–Crippen MR) is 30.5 cm³/mol. The highest BCUT2D eigenvalue weighted by Crippen LogP contribution is 2.28. The number of thioether (sulfide) groups is 1. The van der Waals surface area contributed by atoms with Crippen molar-refractivity contribution >= 4 is 11.8 Å². The van der Waals surface area contributed by atoms with Crippen LogP contribution in [-0.4, -0.2) is 29.4 Å². The molecule has 0 saturated carbocycles. The summed E-state index contributed by atoms with van der Waals surface area (Å²) in [6, 6.07) is 0. The molecule has 0 aromatic heterocycles. The fraction of sp³-hybridized carbons (Fsp3) is 1.00. The highest BCUT2D eigenvalue weighted by Gasteiger charge is 2.28. The summed E-state index contributed by atoms with van der Waals surface area (Å²) < 4.78 is 34.9. The monoisotopic (exact) mass is 160 g/mol. The fourth-order valence-electron chi connectivity index (χ4n) is 0.234. The summed E-state index contributed by atoms with van der Waals surface area (Å²) in [5, 5.41) is 4.73. The first kappa shape index (κ1) is 9.10. The third kappa shape index (κ3) is 4.59. The minimum Gasteiger partial charge on any atom is -0.396 e. The Morgan fingerprint density at radius 3 is 2.33 bits per heavy atom. The van der Waals surface area contributed by atoms with E-state index in [0.29, 0.717) is 0 Å². The molecule has 0 atom stereocenters. The first-order valence-corrected chi connectivity index (χ1v) is 3.29. The molecule has 0 aliphatic rings. The van der Waals surface area contributed by atoms with Crippen molar-refractivity contribution in [1.82, 2.24) is 0 Å². The molecular weight excluding hydrogens is 153 g/mol. The van der Waals surface area contributed by atoms with Crippen LogP contribution in [0.2, 0.25) is 0 Å². The number of alkyl halides is 3. The normalized spacial score (nSPS) is 12.0. The van der Waals surface area contributed by atoms with Gasteiger partial charge in [-0.15, -0.1) is 0 Å². The lowest BCUT2D eigenvalue weighted by Crippen LogP contribution is -2.14. The number of aliphatic hydroxyl groups is 1. The lowest BCUT2D eigenvalue weighted by Gasteiger charge is -2.08. The van der Waals surface area contributed by atoms with E-state index in [1.165, 1.54) is 0 Å². The third-order valence-corrected chi connectivity index (χ3v) is 1.48. The highest BCUT2D eigenvalue weighted by atomic mass is 32.2. The zero-order valence-electron chi connectivity index (χ0n) is 4.61. The van der Waals surface area contributed by atoms with Crippen molar-refractivity contribution in [2.24, 2.45) is 0 Å². The second-order valence-electron chi connectivity index (χ2n) is 1.34. The summed E-state index contributed by atoms with van der Waals surface area (Å²) >= 11 is 0.120. The van der Waals surface area contributed by atoms with E-state index in [-0.39, 0.29) is 24.1 Å². The first-order valence-electron chi connectivity index (χ1n) is 2.31. The van der Waals surface area contributed by atoms with E-state index >= 15 is 0 Å². The average molecular weight is 160 g/mol. The van der Waals surface area contributed by atoms with E-state index in [9.17, 15) is 13.2 Å². The standard InChI is InChI=1S/C4H7F3OS/c5-3-4(6,7)9-2-1-8/h8H,1-3H2. The second kappa shape index (κ2) is 4.00. The molecule has 0 bridgehead atoms. The van der Waals surface area contributed by atoms with Crippen LogP contribution >= 0.6 is 11.8 Å². The number of hydrogen-bond acceptors (Lipinski definition) is 2. The van der Waals surface area contributed by atoms with E-state index in [1.54, 1.807) is 0 Å². The molecule has 5 heteroatoms.